The van der Waals surface area contributed by atoms with Gasteiger partial charge in [-0.2, -0.15) is 0 Å². The zero-order valence-corrected chi connectivity index (χ0v) is 21.0. The number of hydrogen-bond donors (Lipinski definition) is 2. The molecule has 0 spiro atoms. The first-order valence-electron chi connectivity index (χ1n) is 12.4. The second-order valence-corrected chi connectivity index (χ2v) is 11.5. The van der Waals surface area contributed by atoms with Gasteiger partial charge in [0.05, 0.1) is 24.9 Å². The van der Waals surface area contributed by atoms with Crippen LogP contribution in [0.4, 0.5) is 5.13 Å². The van der Waals surface area contributed by atoms with Crippen molar-refractivity contribution in [3.8, 4) is 0 Å². The highest BCUT2D eigenvalue weighted by atomic mass is 32.1. The number of amides is 2. The molecule has 3 aliphatic rings. The first-order valence-corrected chi connectivity index (χ1v) is 13.3. The third kappa shape index (κ3) is 4.21. The fraction of sp³-hybridized carbons (Fsp3) is 0.500. The lowest BCUT2D eigenvalue weighted by atomic mass is 9.94. The highest BCUT2D eigenvalue weighted by molar-refractivity contribution is 7.17. The molecule has 8 nitrogen and oxygen atoms in total. The SMILES string of the molecule is CC1(C)Cc2nc(N3CCOC[C@@H]3Cc3c[nH]c4ccc(C(=O)N5CCCC5)cc34)sc2C(=O)N1. The molecular formula is C26H31N5O3S. The van der Waals surface area contributed by atoms with E-state index >= 15 is 0 Å². The van der Waals surface area contributed by atoms with Crippen LogP contribution in [0.3, 0.4) is 0 Å². The number of aromatic amines is 1. The van der Waals surface area contributed by atoms with Gasteiger partial charge in [0.1, 0.15) is 4.88 Å². The van der Waals surface area contributed by atoms with Gasteiger partial charge >= 0.3 is 0 Å². The summed E-state index contributed by atoms with van der Waals surface area (Å²) in [6, 6.07) is 6.06. The van der Waals surface area contributed by atoms with Crippen LogP contribution in [-0.4, -0.2) is 71.1 Å². The summed E-state index contributed by atoms with van der Waals surface area (Å²) >= 11 is 1.48. The van der Waals surface area contributed by atoms with Crippen LogP contribution in [-0.2, 0) is 17.6 Å². The summed E-state index contributed by atoms with van der Waals surface area (Å²) in [5.41, 5.74) is 3.55. The summed E-state index contributed by atoms with van der Waals surface area (Å²) in [7, 11) is 0. The van der Waals surface area contributed by atoms with E-state index in [1.807, 2.05) is 43.1 Å². The summed E-state index contributed by atoms with van der Waals surface area (Å²) in [6.45, 7) is 7.73. The van der Waals surface area contributed by atoms with Crippen LogP contribution in [0.25, 0.3) is 10.9 Å². The third-order valence-corrected chi connectivity index (χ3v) is 8.42. The van der Waals surface area contributed by atoms with Crippen LogP contribution in [0.15, 0.2) is 24.4 Å². The lowest BCUT2D eigenvalue weighted by molar-refractivity contribution is 0.0792. The number of benzene rings is 1. The van der Waals surface area contributed by atoms with E-state index in [4.69, 9.17) is 9.72 Å². The first kappa shape index (κ1) is 22.5. The van der Waals surface area contributed by atoms with Gasteiger partial charge in [-0.05, 0) is 56.9 Å². The maximum Gasteiger partial charge on any atom is 0.263 e. The molecule has 0 saturated carbocycles. The molecule has 2 fully saturated rings. The van der Waals surface area contributed by atoms with Crippen LogP contribution < -0.4 is 10.2 Å². The standard InChI is InChI=1S/C26H31N5O3S/c1-26(2)13-21-22(23(32)29-26)35-25(28-21)31-9-10-34-15-18(31)11-17-14-27-20-6-5-16(12-19(17)20)24(33)30-7-3-4-8-30/h5-6,12,14,18,27H,3-4,7-11,13,15H2,1-2H3,(H,29,32)/t18-/m0/s1. The van der Waals surface area contributed by atoms with Crippen LogP contribution >= 0.6 is 11.3 Å². The van der Waals surface area contributed by atoms with Gasteiger partial charge in [0.25, 0.3) is 11.8 Å². The van der Waals surface area contributed by atoms with Crippen molar-refractivity contribution in [2.45, 2.75) is 51.1 Å². The highest BCUT2D eigenvalue weighted by Crippen LogP contribution is 2.34. The molecule has 0 bridgehead atoms. The fourth-order valence-electron chi connectivity index (χ4n) is 5.50. The number of fused-ring (bicyclic) bond motifs is 2. The molecule has 6 rings (SSSR count). The van der Waals surface area contributed by atoms with Gasteiger partial charge in [0.15, 0.2) is 5.13 Å². The molecule has 3 aliphatic heterocycles. The highest BCUT2D eigenvalue weighted by Gasteiger charge is 2.35. The van der Waals surface area contributed by atoms with Crippen molar-refractivity contribution in [3.05, 3.63) is 46.1 Å². The number of nitrogens with zero attached hydrogens (tertiary/aromatic N) is 3. The molecular weight excluding hydrogens is 462 g/mol. The Hall–Kier alpha value is -2.91. The van der Waals surface area contributed by atoms with E-state index < -0.39 is 0 Å². The third-order valence-electron chi connectivity index (χ3n) is 7.29. The van der Waals surface area contributed by atoms with Crippen LogP contribution in [0, 0.1) is 0 Å². The van der Waals surface area contributed by atoms with Gasteiger partial charge in [-0.1, -0.05) is 11.3 Å². The maximum absolute atomic E-state index is 13.0. The summed E-state index contributed by atoms with van der Waals surface area (Å²) in [6.07, 6.45) is 5.71. The summed E-state index contributed by atoms with van der Waals surface area (Å²) < 4.78 is 5.87. The first-order chi connectivity index (χ1) is 16.9. The zero-order valence-electron chi connectivity index (χ0n) is 20.2. The average Bonchev–Trinajstić information content (AvgIpc) is 3.58. The maximum atomic E-state index is 13.0. The van der Waals surface area contributed by atoms with Crippen molar-refractivity contribution in [2.24, 2.45) is 0 Å². The van der Waals surface area contributed by atoms with Crippen LogP contribution in [0.2, 0.25) is 0 Å². The minimum atomic E-state index is -0.284. The molecule has 9 heteroatoms. The normalized spacial score (nSPS) is 21.9. The Morgan fingerprint density at radius 3 is 2.91 bits per heavy atom. The number of ether oxygens (including phenoxy) is 1. The van der Waals surface area contributed by atoms with Gasteiger partial charge in [0, 0.05) is 54.3 Å². The topological polar surface area (TPSA) is 90.6 Å². The lowest BCUT2D eigenvalue weighted by Crippen LogP contribution is -2.48. The van der Waals surface area contributed by atoms with E-state index in [0.29, 0.717) is 13.2 Å². The second kappa shape index (κ2) is 8.64. The van der Waals surface area contributed by atoms with E-state index in [1.165, 1.54) is 11.3 Å². The minimum absolute atomic E-state index is 0.0309. The lowest BCUT2D eigenvalue weighted by Gasteiger charge is -2.35. The van der Waals surface area contributed by atoms with E-state index in [9.17, 15) is 9.59 Å². The van der Waals surface area contributed by atoms with Crippen molar-refractivity contribution >= 4 is 39.2 Å². The van der Waals surface area contributed by atoms with Crippen molar-refractivity contribution in [2.75, 3.05) is 37.7 Å². The summed E-state index contributed by atoms with van der Waals surface area (Å²) in [4.78, 5) is 38.9. The number of anilines is 1. The Labute approximate surface area is 208 Å². The number of likely N-dealkylation sites (tertiary alicyclic amines) is 1. The number of carbonyl (C=O) groups excluding carboxylic acids is 2. The Balaban J connectivity index is 1.27. The largest absolute Gasteiger partial charge is 0.377 e. The number of carbonyl (C=O) groups is 2. The smallest absolute Gasteiger partial charge is 0.263 e. The molecule has 0 aliphatic carbocycles. The Morgan fingerprint density at radius 2 is 2.09 bits per heavy atom. The number of nitrogens with one attached hydrogen (secondary N) is 2. The van der Waals surface area contributed by atoms with Crippen LogP contribution in [0.5, 0.6) is 0 Å². The Bertz CT molecular complexity index is 1290. The molecule has 3 aromatic rings. The van der Waals surface area contributed by atoms with Gasteiger partial charge in [-0.3, -0.25) is 9.59 Å². The summed E-state index contributed by atoms with van der Waals surface area (Å²) in [5, 5.41) is 5.06. The van der Waals surface area contributed by atoms with Crippen molar-refractivity contribution in [1.29, 1.82) is 0 Å². The van der Waals surface area contributed by atoms with Gasteiger partial charge in [0.2, 0.25) is 0 Å². The predicted molar refractivity (Wildman–Crippen MR) is 136 cm³/mol. The van der Waals surface area contributed by atoms with E-state index in [-0.39, 0.29) is 23.4 Å². The van der Waals surface area contributed by atoms with Crippen molar-refractivity contribution in [1.82, 2.24) is 20.2 Å². The molecule has 2 aromatic heterocycles. The molecule has 2 amide bonds. The molecule has 2 saturated heterocycles. The Morgan fingerprint density at radius 1 is 1.26 bits per heavy atom. The molecule has 2 N–H and O–H groups in total. The quantitative estimate of drug-likeness (QED) is 0.582. The molecule has 35 heavy (non-hydrogen) atoms. The zero-order chi connectivity index (χ0) is 24.2. The number of thiazole rings is 1. The van der Waals surface area contributed by atoms with Gasteiger partial charge < -0.3 is 24.8 Å². The molecule has 184 valence electrons. The van der Waals surface area contributed by atoms with E-state index in [2.05, 4.69) is 15.2 Å². The molecule has 1 atom stereocenters. The molecule has 0 radical (unpaired) electrons. The minimum Gasteiger partial charge on any atom is -0.377 e. The van der Waals surface area contributed by atoms with E-state index in [0.717, 1.165) is 83.1 Å². The fourth-order valence-corrected chi connectivity index (χ4v) is 6.57. The number of H-pyrrole nitrogens is 1. The van der Waals surface area contributed by atoms with Crippen LogP contribution in [0.1, 0.15) is 58.0 Å². The van der Waals surface area contributed by atoms with Gasteiger partial charge in [-0.15, -0.1) is 0 Å². The number of morpholine rings is 1. The molecule has 0 unspecified atom stereocenters. The number of rotatable bonds is 4. The van der Waals surface area contributed by atoms with Crippen molar-refractivity contribution < 1.29 is 14.3 Å². The van der Waals surface area contributed by atoms with Crippen molar-refractivity contribution in [3.63, 3.8) is 0 Å². The second-order valence-electron chi connectivity index (χ2n) is 10.5. The summed E-state index contributed by atoms with van der Waals surface area (Å²) in [5.74, 6) is 0.0883. The average molecular weight is 494 g/mol. The predicted octanol–water partition coefficient (Wildman–Crippen LogP) is 3.37. The monoisotopic (exact) mass is 493 g/mol. The van der Waals surface area contributed by atoms with E-state index in [1.54, 1.807) is 0 Å². The molecule has 1 aromatic carbocycles. The van der Waals surface area contributed by atoms with Gasteiger partial charge in [-0.25, -0.2) is 4.98 Å². The molecule has 5 heterocycles. The number of hydrogen-bond acceptors (Lipinski definition) is 6. The number of aromatic nitrogens is 2. The Kier molecular flexibility index (Phi) is 5.56.